The van der Waals surface area contributed by atoms with Gasteiger partial charge in [-0.1, -0.05) is 0 Å². The molecule has 4 nitrogen and oxygen atoms in total. The Kier molecular flexibility index (Phi) is 2.93. The van der Waals surface area contributed by atoms with Gasteiger partial charge in [0.25, 0.3) is 0 Å². The summed E-state index contributed by atoms with van der Waals surface area (Å²) in [4.78, 5) is 6.21. The number of hydrogen-bond acceptors (Lipinski definition) is 4. The molecule has 9 heavy (non-hydrogen) atoms. The topological polar surface area (TPSA) is 44.8 Å². The molecule has 4 heteroatoms. The summed E-state index contributed by atoms with van der Waals surface area (Å²) in [6, 6.07) is 0. The minimum absolute atomic E-state index is 0.309. The molecule has 0 bridgehead atoms. The molecule has 0 saturated carbocycles. The average Bonchev–Trinajstić information content (AvgIpc) is 2.34. The Labute approximate surface area is 53.8 Å². The van der Waals surface area contributed by atoms with Crippen molar-refractivity contribution >= 4 is 0 Å². The summed E-state index contributed by atoms with van der Waals surface area (Å²) in [6.07, 6.45) is 2.39. The molecule has 0 atom stereocenters. The maximum absolute atomic E-state index is 9.34. The number of nitrogens with zero attached hydrogens (tertiary/aromatic N) is 1. The van der Waals surface area contributed by atoms with Crippen LogP contribution in [0.4, 0.5) is 0 Å². The summed E-state index contributed by atoms with van der Waals surface area (Å²) in [6.45, 7) is 2.34. The highest BCUT2D eigenvalue weighted by Crippen LogP contribution is 2.05. The molecule has 0 aromatic heterocycles. The van der Waals surface area contributed by atoms with E-state index in [1.807, 2.05) is 4.90 Å². The summed E-state index contributed by atoms with van der Waals surface area (Å²) in [5.41, 5.74) is 0. The van der Waals surface area contributed by atoms with Gasteiger partial charge in [-0.3, -0.25) is 9.94 Å². The Balaban J connectivity index is 1.98. The predicted octanol–water partition coefficient (Wildman–Crippen LogP) is -0.737. The highest BCUT2D eigenvalue weighted by Gasteiger charge is 2.09. The zero-order valence-electron chi connectivity index (χ0n) is 5.21. The van der Waals surface area contributed by atoms with Gasteiger partial charge in [-0.15, -0.1) is 0 Å². The van der Waals surface area contributed by atoms with Gasteiger partial charge in [0.15, 0.2) is 0 Å². The van der Waals surface area contributed by atoms with Crippen molar-refractivity contribution in [2.75, 3.05) is 19.8 Å². The fraction of sp³-hybridized carbons (Fsp3) is 1.00. The summed E-state index contributed by atoms with van der Waals surface area (Å²) in [5, 5.41) is 12.5. The standard InChI is InChI=1S/C5H11NO3/c7-9-8-5-6-3-1-2-4-6/h7H,1-5H2/p-1. The molecule has 1 aliphatic heterocycles. The fourth-order valence-corrected chi connectivity index (χ4v) is 1.01. The van der Waals surface area contributed by atoms with Crippen LogP contribution in [0.25, 0.3) is 0 Å². The molecular formula is C5H10NO3-. The third kappa shape index (κ3) is 2.28. The largest absolute Gasteiger partial charge is 0.692 e. The van der Waals surface area contributed by atoms with Crippen LogP contribution in [-0.2, 0) is 9.93 Å². The Morgan fingerprint density at radius 3 is 2.56 bits per heavy atom. The van der Waals surface area contributed by atoms with E-state index in [1.165, 1.54) is 12.8 Å². The van der Waals surface area contributed by atoms with Gasteiger partial charge in [-0.25, -0.2) is 4.89 Å². The van der Waals surface area contributed by atoms with Gasteiger partial charge in [-0.2, -0.15) is 0 Å². The highest BCUT2D eigenvalue weighted by molar-refractivity contribution is 4.61. The van der Waals surface area contributed by atoms with E-state index in [-0.39, 0.29) is 0 Å². The van der Waals surface area contributed by atoms with Crippen LogP contribution in [0.5, 0.6) is 0 Å². The molecule has 0 aromatic rings. The maximum atomic E-state index is 9.34. The van der Waals surface area contributed by atoms with Gasteiger partial charge in [0.1, 0.15) is 6.73 Å². The van der Waals surface area contributed by atoms with Crippen LogP contribution in [-0.4, -0.2) is 24.7 Å². The van der Waals surface area contributed by atoms with Gasteiger partial charge >= 0.3 is 0 Å². The van der Waals surface area contributed by atoms with E-state index in [0.717, 1.165) is 13.1 Å². The van der Waals surface area contributed by atoms with Crippen LogP contribution in [0.1, 0.15) is 12.8 Å². The lowest BCUT2D eigenvalue weighted by molar-refractivity contribution is -0.802. The predicted molar refractivity (Wildman–Crippen MR) is 27.8 cm³/mol. The molecular weight excluding hydrogens is 122 g/mol. The van der Waals surface area contributed by atoms with E-state index in [0.29, 0.717) is 6.73 Å². The third-order valence-electron chi connectivity index (χ3n) is 1.48. The maximum Gasteiger partial charge on any atom is 0.134 e. The lowest BCUT2D eigenvalue weighted by atomic mass is 10.4. The molecule has 0 aliphatic carbocycles. The summed E-state index contributed by atoms with van der Waals surface area (Å²) in [7, 11) is 0. The first kappa shape index (κ1) is 6.95. The summed E-state index contributed by atoms with van der Waals surface area (Å²) in [5.74, 6) is 0. The smallest absolute Gasteiger partial charge is 0.134 e. The van der Waals surface area contributed by atoms with E-state index in [4.69, 9.17) is 0 Å². The van der Waals surface area contributed by atoms with Crippen LogP contribution >= 0.6 is 0 Å². The SMILES string of the molecule is [O-]OOCN1CCCC1. The number of rotatable bonds is 3. The van der Waals surface area contributed by atoms with E-state index < -0.39 is 0 Å². The number of likely N-dealkylation sites (tertiary alicyclic amines) is 1. The quantitative estimate of drug-likeness (QED) is 0.375. The highest BCUT2D eigenvalue weighted by atomic mass is 17.5. The minimum Gasteiger partial charge on any atom is -0.692 e. The van der Waals surface area contributed by atoms with Crippen molar-refractivity contribution in [2.45, 2.75) is 12.8 Å². The molecule has 0 radical (unpaired) electrons. The van der Waals surface area contributed by atoms with Crippen molar-refractivity contribution in [1.82, 2.24) is 4.90 Å². The zero-order valence-corrected chi connectivity index (χ0v) is 5.21. The van der Waals surface area contributed by atoms with Crippen molar-refractivity contribution in [2.24, 2.45) is 0 Å². The summed E-state index contributed by atoms with van der Waals surface area (Å²) < 4.78 is 0. The normalized spacial score (nSPS) is 21.0. The van der Waals surface area contributed by atoms with Crippen molar-refractivity contribution in [3.63, 3.8) is 0 Å². The first-order valence-electron chi connectivity index (χ1n) is 3.07. The first-order chi connectivity index (χ1) is 4.43. The van der Waals surface area contributed by atoms with E-state index in [2.05, 4.69) is 9.93 Å². The number of hydrogen-bond donors (Lipinski definition) is 0. The van der Waals surface area contributed by atoms with Gasteiger partial charge in [0.05, 0.1) is 0 Å². The second-order valence-electron chi connectivity index (χ2n) is 2.14. The molecule has 54 valence electrons. The fourth-order valence-electron chi connectivity index (χ4n) is 1.01. The molecule has 0 spiro atoms. The zero-order chi connectivity index (χ0) is 6.53. The van der Waals surface area contributed by atoms with E-state index in [1.54, 1.807) is 0 Å². The van der Waals surface area contributed by atoms with Crippen molar-refractivity contribution in [1.29, 1.82) is 0 Å². The molecule has 0 unspecified atom stereocenters. The van der Waals surface area contributed by atoms with Crippen LogP contribution < -0.4 is 5.26 Å². The van der Waals surface area contributed by atoms with E-state index in [9.17, 15) is 5.26 Å². The van der Waals surface area contributed by atoms with Crippen molar-refractivity contribution in [3.8, 4) is 0 Å². The van der Waals surface area contributed by atoms with Crippen molar-refractivity contribution < 1.29 is 15.2 Å². The monoisotopic (exact) mass is 132 g/mol. The van der Waals surface area contributed by atoms with Crippen LogP contribution in [0.2, 0.25) is 0 Å². The van der Waals surface area contributed by atoms with Crippen LogP contribution in [0, 0.1) is 0 Å². The van der Waals surface area contributed by atoms with Gasteiger partial charge in [-0.05, 0) is 12.8 Å². The molecule has 1 fully saturated rings. The molecule has 1 heterocycles. The lowest BCUT2D eigenvalue weighted by Gasteiger charge is -2.14. The Morgan fingerprint density at radius 1 is 1.33 bits per heavy atom. The Hall–Kier alpha value is -0.160. The lowest BCUT2D eigenvalue weighted by Crippen LogP contribution is -2.24. The first-order valence-corrected chi connectivity index (χ1v) is 3.07. The third-order valence-corrected chi connectivity index (χ3v) is 1.48. The molecule has 1 aliphatic rings. The average molecular weight is 132 g/mol. The second kappa shape index (κ2) is 3.79. The van der Waals surface area contributed by atoms with Gasteiger partial charge in [0.2, 0.25) is 0 Å². The minimum atomic E-state index is 0.309. The van der Waals surface area contributed by atoms with Crippen LogP contribution in [0.3, 0.4) is 0 Å². The molecule has 0 amide bonds. The Bertz CT molecular complexity index is 72.6. The molecule has 0 aromatic carbocycles. The summed E-state index contributed by atoms with van der Waals surface area (Å²) >= 11 is 0. The molecule has 0 N–H and O–H groups in total. The van der Waals surface area contributed by atoms with Crippen LogP contribution in [0.15, 0.2) is 0 Å². The Morgan fingerprint density at radius 2 is 2.00 bits per heavy atom. The van der Waals surface area contributed by atoms with Gasteiger partial charge in [0, 0.05) is 13.1 Å². The van der Waals surface area contributed by atoms with Crippen molar-refractivity contribution in [3.05, 3.63) is 0 Å². The van der Waals surface area contributed by atoms with Gasteiger partial charge < -0.3 is 5.26 Å². The van der Waals surface area contributed by atoms with E-state index >= 15 is 0 Å². The molecule has 1 rings (SSSR count). The molecule has 1 saturated heterocycles. The second-order valence-corrected chi connectivity index (χ2v) is 2.14.